The lowest BCUT2D eigenvalue weighted by atomic mass is 10.3. The number of hydrogen-bond acceptors (Lipinski definition) is 9. The highest BCUT2D eigenvalue weighted by Gasteiger charge is 2.17. The number of nitrogens with zero attached hydrogens (tertiary/aromatic N) is 6. The van der Waals surface area contributed by atoms with Crippen molar-refractivity contribution in [3.05, 3.63) is 24.9 Å². The fraction of sp³-hybridized carbons (Fsp3) is 0.400. The van der Waals surface area contributed by atoms with E-state index in [1.807, 2.05) is 18.4 Å². The summed E-state index contributed by atoms with van der Waals surface area (Å²) in [5.41, 5.74) is 1.24. The molecule has 0 radical (unpaired) electrons. The monoisotopic (exact) mass is 344 g/mol. The number of aromatic nitrogens is 6. The maximum atomic E-state index is 9.28. The molecule has 3 aromatic heterocycles. The fourth-order valence-corrected chi connectivity index (χ4v) is 2.26. The van der Waals surface area contributed by atoms with Gasteiger partial charge < -0.3 is 25.4 Å². The quantitative estimate of drug-likeness (QED) is 0.488. The van der Waals surface area contributed by atoms with E-state index in [-0.39, 0.29) is 25.2 Å². The van der Waals surface area contributed by atoms with Crippen molar-refractivity contribution in [2.45, 2.75) is 25.9 Å². The fourth-order valence-electron chi connectivity index (χ4n) is 2.26. The van der Waals surface area contributed by atoms with Crippen LogP contribution in [0.4, 0.5) is 17.6 Å². The Morgan fingerprint density at radius 2 is 1.96 bits per heavy atom. The standard InChI is InChI=1S/C15H20N8O2/c1-9(2)23-8-18-12-13(20-11-3-4-16-7-17-11)21-15(22-14(12)23)19-10(5-24)6-25/h3-4,7-10,24-25H,5-6H2,1-2H3,(H2,16,17,19,20,21,22). The molecule has 0 fully saturated rings. The Kier molecular flexibility index (Phi) is 5.00. The van der Waals surface area contributed by atoms with Gasteiger partial charge in [-0.05, 0) is 19.9 Å². The molecule has 3 aromatic rings. The van der Waals surface area contributed by atoms with Gasteiger partial charge in [0, 0.05) is 12.2 Å². The summed E-state index contributed by atoms with van der Waals surface area (Å²) in [5.74, 6) is 1.32. The van der Waals surface area contributed by atoms with Gasteiger partial charge in [-0.15, -0.1) is 0 Å². The minimum atomic E-state index is -0.556. The van der Waals surface area contributed by atoms with E-state index in [0.717, 1.165) is 0 Å². The molecule has 3 heterocycles. The van der Waals surface area contributed by atoms with E-state index in [4.69, 9.17) is 0 Å². The van der Waals surface area contributed by atoms with Gasteiger partial charge >= 0.3 is 0 Å². The molecule has 0 bridgehead atoms. The third-order valence-corrected chi connectivity index (χ3v) is 3.58. The molecular formula is C15H20N8O2. The Hall–Kier alpha value is -2.85. The first-order chi connectivity index (χ1) is 12.1. The van der Waals surface area contributed by atoms with Crippen molar-refractivity contribution < 1.29 is 10.2 Å². The van der Waals surface area contributed by atoms with Gasteiger partial charge in [0.25, 0.3) is 0 Å². The van der Waals surface area contributed by atoms with Crippen molar-refractivity contribution in [1.82, 2.24) is 29.5 Å². The van der Waals surface area contributed by atoms with Crippen LogP contribution < -0.4 is 10.6 Å². The van der Waals surface area contributed by atoms with Crippen LogP contribution in [-0.4, -0.2) is 59.0 Å². The van der Waals surface area contributed by atoms with Gasteiger partial charge in [-0.2, -0.15) is 9.97 Å². The molecule has 0 saturated heterocycles. The zero-order valence-corrected chi connectivity index (χ0v) is 14.0. The number of aliphatic hydroxyl groups is 2. The highest BCUT2D eigenvalue weighted by molar-refractivity contribution is 5.86. The summed E-state index contributed by atoms with van der Waals surface area (Å²) in [5, 5.41) is 24.6. The second-order valence-electron chi connectivity index (χ2n) is 5.74. The largest absolute Gasteiger partial charge is 0.394 e. The Balaban J connectivity index is 2.06. The van der Waals surface area contributed by atoms with Crippen molar-refractivity contribution in [1.29, 1.82) is 0 Å². The van der Waals surface area contributed by atoms with Gasteiger partial charge in [0.2, 0.25) is 5.95 Å². The van der Waals surface area contributed by atoms with Gasteiger partial charge in [-0.3, -0.25) is 0 Å². The Morgan fingerprint density at radius 3 is 2.60 bits per heavy atom. The zero-order valence-electron chi connectivity index (χ0n) is 14.0. The third kappa shape index (κ3) is 3.64. The van der Waals surface area contributed by atoms with Gasteiger partial charge in [0.15, 0.2) is 17.0 Å². The summed E-state index contributed by atoms with van der Waals surface area (Å²) in [6, 6.07) is 1.32. The molecule has 0 amide bonds. The first-order valence-electron chi connectivity index (χ1n) is 7.88. The molecule has 132 valence electrons. The molecule has 0 atom stereocenters. The molecule has 0 saturated carbocycles. The summed E-state index contributed by atoms with van der Waals surface area (Å²) in [4.78, 5) is 21.3. The van der Waals surface area contributed by atoms with Crippen LogP contribution in [0.3, 0.4) is 0 Å². The van der Waals surface area contributed by atoms with E-state index in [2.05, 4.69) is 35.6 Å². The molecule has 4 N–H and O–H groups in total. The normalized spacial score (nSPS) is 11.4. The van der Waals surface area contributed by atoms with E-state index in [9.17, 15) is 10.2 Å². The lowest BCUT2D eigenvalue weighted by Crippen LogP contribution is -2.28. The van der Waals surface area contributed by atoms with E-state index in [1.54, 1.807) is 18.6 Å². The smallest absolute Gasteiger partial charge is 0.227 e. The van der Waals surface area contributed by atoms with E-state index in [1.165, 1.54) is 6.33 Å². The average Bonchev–Trinajstić information content (AvgIpc) is 3.05. The van der Waals surface area contributed by atoms with E-state index < -0.39 is 6.04 Å². The molecule has 25 heavy (non-hydrogen) atoms. The topological polar surface area (TPSA) is 134 Å². The number of fused-ring (bicyclic) bond motifs is 1. The van der Waals surface area contributed by atoms with Gasteiger partial charge in [-0.25, -0.2) is 15.0 Å². The van der Waals surface area contributed by atoms with E-state index >= 15 is 0 Å². The Morgan fingerprint density at radius 1 is 1.16 bits per heavy atom. The first-order valence-corrected chi connectivity index (χ1v) is 7.88. The summed E-state index contributed by atoms with van der Waals surface area (Å²) < 4.78 is 1.92. The second kappa shape index (κ2) is 7.36. The molecule has 0 aliphatic carbocycles. The number of anilines is 3. The highest BCUT2D eigenvalue weighted by Crippen LogP contribution is 2.25. The lowest BCUT2D eigenvalue weighted by Gasteiger charge is -2.15. The van der Waals surface area contributed by atoms with Crippen molar-refractivity contribution >= 4 is 28.7 Å². The summed E-state index contributed by atoms with van der Waals surface area (Å²) in [6.45, 7) is 3.57. The highest BCUT2D eigenvalue weighted by atomic mass is 16.3. The van der Waals surface area contributed by atoms with Gasteiger partial charge in [-0.1, -0.05) is 0 Å². The van der Waals surface area contributed by atoms with Crippen LogP contribution in [0.2, 0.25) is 0 Å². The number of nitrogens with one attached hydrogen (secondary N) is 2. The zero-order chi connectivity index (χ0) is 17.8. The maximum absolute atomic E-state index is 9.28. The molecule has 10 nitrogen and oxygen atoms in total. The van der Waals surface area contributed by atoms with Crippen LogP contribution in [-0.2, 0) is 0 Å². The minimum absolute atomic E-state index is 0.158. The van der Waals surface area contributed by atoms with Crippen molar-refractivity contribution in [2.75, 3.05) is 23.8 Å². The predicted octanol–water partition coefficient (Wildman–Crippen LogP) is 0.706. The van der Waals surface area contributed by atoms with Crippen LogP contribution in [0.5, 0.6) is 0 Å². The maximum Gasteiger partial charge on any atom is 0.227 e. The van der Waals surface area contributed by atoms with Crippen LogP contribution >= 0.6 is 0 Å². The predicted molar refractivity (Wildman–Crippen MR) is 92.6 cm³/mol. The molecule has 0 spiro atoms. The van der Waals surface area contributed by atoms with Crippen molar-refractivity contribution in [2.24, 2.45) is 0 Å². The Bertz CT molecular complexity index is 832. The van der Waals surface area contributed by atoms with Crippen molar-refractivity contribution in [3.8, 4) is 0 Å². The SMILES string of the molecule is CC(C)n1cnc2c(Nc3ccncn3)nc(NC(CO)CO)nc21. The van der Waals surface area contributed by atoms with Crippen LogP contribution in [0.25, 0.3) is 11.2 Å². The lowest BCUT2D eigenvalue weighted by molar-refractivity contribution is 0.203. The molecule has 0 aromatic carbocycles. The molecule has 3 rings (SSSR count). The van der Waals surface area contributed by atoms with E-state index in [0.29, 0.717) is 22.8 Å². The molecule has 0 unspecified atom stereocenters. The van der Waals surface area contributed by atoms with Gasteiger partial charge in [0.1, 0.15) is 12.1 Å². The molecular weight excluding hydrogens is 324 g/mol. The number of imidazole rings is 1. The molecule has 10 heteroatoms. The van der Waals surface area contributed by atoms with Crippen LogP contribution in [0.1, 0.15) is 19.9 Å². The second-order valence-corrected chi connectivity index (χ2v) is 5.74. The average molecular weight is 344 g/mol. The van der Waals surface area contributed by atoms with Crippen molar-refractivity contribution in [3.63, 3.8) is 0 Å². The number of rotatable bonds is 7. The molecule has 0 aliphatic heterocycles. The number of hydrogen-bond donors (Lipinski definition) is 4. The Labute approximate surface area is 144 Å². The molecule has 0 aliphatic rings. The first kappa shape index (κ1) is 17.0. The summed E-state index contributed by atoms with van der Waals surface area (Å²) >= 11 is 0. The minimum Gasteiger partial charge on any atom is -0.394 e. The van der Waals surface area contributed by atoms with Crippen LogP contribution in [0.15, 0.2) is 24.9 Å². The third-order valence-electron chi connectivity index (χ3n) is 3.58. The van der Waals surface area contributed by atoms with Gasteiger partial charge in [0.05, 0.1) is 25.6 Å². The summed E-state index contributed by atoms with van der Waals surface area (Å²) in [7, 11) is 0. The summed E-state index contributed by atoms with van der Waals surface area (Å²) in [6.07, 6.45) is 4.75. The van der Waals surface area contributed by atoms with Crippen LogP contribution in [0, 0.1) is 0 Å². The number of aliphatic hydroxyl groups excluding tert-OH is 2.